The Hall–Kier alpha value is -1.34. The van der Waals surface area contributed by atoms with Crippen molar-refractivity contribution in [2.45, 2.75) is 82.8 Å². The zero-order valence-electron chi connectivity index (χ0n) is 15.4. The molecule has 0 bridgehead atoms. The molecule has 1 saturated carbocycles. The Balaban J connectivity index is 1.72. The van der Waals surface area contributed by atoms with Gasteiger partial charge in [-0.15, -0.1) is 0 Å². The highest BCUT2D eigenvalue weighted by atomic mass is 16.6. The first-order chi connectivity index (χ1) is 11.8. The first kappa shape index (κ1) is 18.5. The summed E-state index contributed by atoms with van der Waals surface area (Å²) in [6.07, 6.45) is 3.42. The van der Waals surface area contributed by atoms with Gasteiger partial charge < -0.3 is 24.8 Å². The minimum absolute atomic E-state index is 0.0929. The molecule has 2 amide bonds. The molecule has 2 heterocycles. The highest BCUT2D eigenvalue weighted by Crippen LogP contribution is 2.33. The second kappa shape index (κ2) is 7.11. The van der Waals surface area contributed by atoms with Gasteiger partial charge in [0.1, 0.15) is 17.7 Å². The number of fused-ring (bicyclic) bond motifs is 1. The largest absolute Gasteiger partial charge is 0.444 e. The van der Waals surface area contributed by atoms with E-state index >= 15 is 0 Å². The second-order valence-electron chi connectivity index (χ2n) is 8.42. The molecule has 142 valence electrons. The van der Waals surface area contributed by atoms with E-state index in [1.54, 1.807) is 25.7 Å². The fourth-order valence-corrected chi connectivity index (χ4v) is 4.29. The molecule has 0 aromatic heterocycles. The molecule has 4 atom stereocenters. The van der Waals surface area contributed by atoms with Gasteiger partial charge in [-0.1, -0.05) is 12.8 Å². The second-order valence-corrected chi connectivity index (χ2v) is 8.42. The molecule has 0 aromatic carbocycles. The van der Waals surface area contributed by atoms with Crippen molar-refractivity contribution in [3.05, 3.63) is 0 Å². The number of likely N-dealkylation sites (tertiary alicyclic amines) is 1. The van der Waals surface area contributed by atoms with E-state index in [4.69, 9.17) is 9.47 Å². The predicted molar refractivity (Wildman–Crippen MR) is 91.0 cm³/mol. The summed E-state index contributed by atoms with van der Waals surface area (Å²) < 4.78 is 10.9. The third-order valence-corrected chi connectivity index (χ3v) is 5.36. The van der Waals surface area contributed by atoms with Crippen LogP contribution < -0.4 is 5.32 Å². The summed E-state index contributed by atoms with van der Waals surface area (Å²) in [5.41, 5.74) is -0.610. The normalized spacial score (nSPS) is 31.0. The fourth-order valence-electron chi connectivity index (χ4n) is 4.29. The first-order valence-electron chi connectivity index (χ1n) is 9.36. The van der Waals surface area contributed by atoms with Gasteiger partial charge in [-0.25, -0.2) is 4.79 Å². The number of nitrogens with zero attached hydrogens (tertiary/aromatic N) is 1. The fraction of sp³-hybridized carbons (Fsp3) is 0.889. The SMILES string of the molecule is CC(C)(C)OC(=O)N[C@H](C(=O)N1CC[C@H]2OC[C@H](O)[C@H]21)C1CCCC1. The van der Waals surface area contributed by atoms with Crippen LogP contribution in [0.4, 0.5) is 4.79 Å². The van der Waals surface area contributed by atoms with Crippen molar-refractivity contribution in [1.29, 1.82) is 0 Å². The molecule has 7 heteroatoms. The van der Waals surface area contributed by atoms with E-state index in [1.165, 1.54) is 0 Å². The molecule has 2 saturated heterocycles. The number of rotatable bonds is 3. The molecule has 2 aliphatic heterocycles. The van der Waals surface area contributed by atoms with Crippen molar-refractivity contribution in [3.63, 3.8) is 0 Å². The lowest BCUT2D eigenvalue weighted by Gasteiger charge is -2.32. The van der Waals surface area contributed by atoms with Crippen molar-refractivity contribution in [2.24, 2.45) is 5.92 Å². The smallest absolute Gasteiger partial charge is 0.408 e. The number of hydrogen-bond acceptors (Lipinski definition) is 5. The van der Waals surface area contributed by atoms with Gasteiger partial charge in [-0.2, -0.15) is 0 Å². The maximum atomic E-state index is 13.2. The average Bonchev–Trinajstić information content (AvgIpc) is 3.21. The molecule has 0 radical (unpaired) electrons. The number of ether oxygens (including phenoxy) is 2. The molecule has 1 aliphatic carbocycles. The number of hydrogen-bond donors (Lipinski definition) is 2. The Morgan fingerprint density at radius 2 is 1.92 bits per heavy atom. The summed E-state index contributed by atoms with van der Waals surface area (Å²) in [7, 11) is 0. The number of aliphatic hydroxyl groups is 1. The number of alkyl carbamates (subject to hydrolysis) is 1. The highest BCUT2D eigenvalue weighted by molar-refractivity contribution is 5.86. The van der Waals surface area contributed by atoms with Gasteiger partial charge in [-0.05, 0) is 46.0 Å². The predicted octanol–water partition coefficient (Wildman–Crippen LogP) is 1.43. The summed E-state index contributed by atoms with van der Waals surface area (Å²) >= 11 is 0. The molecule has 0 unspecified atom stereocenters. The summed E-state index contributed by atoms with van der Waals surface area (Å²) in [5, 5.41) is 13.0. The van der Waals surface area contributed by atoms with Crippen LogP contribution in [-0.4, -0.2) is 65.1 Å². The van der Waals surface area contributed by atoms with Crippen molar-refractivity contribution in [3.8, 4) is 0 Å². The third-order valence-electron chi connectivity index (χ3n) is 5.36. The van der Waals surface area contributed by atoms with E-state index in [2.05, 4.69) is 5.32 Å². The topological polar surface area (TPSA) is 88.1 Å². The van der Waals surface area contributed by atoms with Gasteiger partial charge in [0.15, 0.2) is 0 Å². The van der Waals surface area contributed by atoms with E-state index < -0.39 is 23.8 Å². The lowest BCUT2D eigenvalue weighted by atomic mass is 9.96. The zero-order chi connectivity index (χ0) is 18.2. The lowest BCUT2D eigenvalue weighted by Crippen LogP contribution is -2.55. The molecule has 25 heavy (non-hydrogen) atoms. The Morgan fingerprint density at radius 1 is 1.24 bits per heavy atom. The number of carbonyl (C=O) groups excluding carboxylic acids is 2. The first-order valence-corrected chi connectivity index (χ1v) is 9.36. The molecule has 3 aliphatic rings. The van der Waals surface area contributed by atoms with Gasteiger partial charge in [0.25, 0.3) is 0 Å². The molecule has 7 nitrogen and oxygen atoms in total. The lowest BCUT2D eigenvalue weighted by molar-refractivity contribution is -0.137. The van der Waals surface area contributed by atoms with Gasteiger partial charge >= 0.3 is 6.09 Å². The van der Waals surface area contributed by atoms with Crippen LogP contribution in [0.3, 0.4) is 0 Å². The maximum Gasteiger partial charge on any atom is 0.408 e. The van der Waals surface area contributed by atoms with Crippen LogP contribution in [0.15, 0.2) is 0 Å². The number of nitrogens with one attached hydrogen (secondary N) is 1. The van der Waals surface area contributed by atoms with Crippen LogP contribution in [0.5, 0.6) is 0 Å². The van der Waals surface area contributed by atoms with Crippen molar-refractivity contribution in [1.82, 2.24) is 10.2 Å². The Labute approximate surface area is 149 Å². The molecule has 3 rings (SSSR count). The summed E-state index contributed by atoms with van der Waals surface area (Å²) in [6.45, 7) is 6.24. The standard InChI is InChI=1S/C18H30N2O5/c1-18(2,3)25-17(23)19-14(11-6-4-5-7-11)16(22)20-9-8-13-15(20)12(21)10-24-13/h11-15,21H,4-10H2,1-3H3,(H,19,23)/t12-,13+,14-,15+/m0/s1. The van der Waals surface area contributed by atoms with Crippen LogP contribution in [-0.2, 0) is 14.3 Å². The molecule has 0 aromatic rings. The van der Waals surface area contributed by atoms with Gasteiger partial charge in [0.2, 0.25) is 5.91 Å². The van der Waals surface area contributed by atoms with Crippen molar-refractivity contribution < 1.29 is 24.2 Å². The van der Waals surface area contributed by atoms with E-state index in [-0.39, 0.29) is 30.6 Å². The van der Waals surface area contributed by atoms with E-state index in [0.717, 1.165) is 32.1 Å². The minimum atomic E-state index is -0.651. The Morgan fingerprint density at radius 3 is 2.56 bits per heavy atom. The van der Waals surface area contributed by atoms with Crippen molar-refractivity contribution in [2.75, 3.05) is 13.2 Å². The molecule has 0 spiro atoms. The average molecular weight is 354 g/mol. The zero-order valence-corrected chi connectivity index (χ0v) is 15.4. The Kier molecular flexibility index (Phi) is 5.25. The number of aliphatic hydroxyl groups excluding tert-OH is 1. The monoisotopic (exact) mass is 354 g/mol. The van der Waals surface area contributed by atoms with Gasteiger partial charge in [0.05, 0.1) is 18.8 Å². The van der Waals surface area contributed by atoms with E-state index in [0.29, 0.717) is 6.54 Å². The summed E-state index contributed by atoms with van der Waals surface area (Å²) in [6, 6.07) is -0.888. The molecular formula is C18H30N2O5. The summed E-state index contributed by atoms with van der Waals surface area (Å²) in [4.78, 5) is 27.2. The van der Waals surface area contributed by atoms with Crippen LogP contribution in [0.1, 0.15) is 52.9 Å². The van der Waals surface area contributed by atoms with Crippen LogP contribution in [0, 0.1) is 5.92 Å². The Bertz CT molecular complexity index is 512. The van der Waals surface area contributed by atoms with Crippen LogP contribution >= 0.6 is 0 Å². The minimum Gasteiger partial charge on any atom is -0.444 e. The third kappa shape index (κ3) is 4.08. The maximum absolute atomic E-state index is 13.2. The summed E-state index contributed by atoms with van der Waals surface area (Å²) in [5.74, 6) is 0.00772. The van der Waals surface area contributed by atoms with E-state index in [9.17, 15) is 14.7 Å². The molecule has 2 N–H and O–H groups in total. The van der Waals surface area contributed by atoms with Crippen LogP contribution in [0.2, 0.25) is 0 Å². The number of carbonyl (C=O) groups is 2. The van der Waals surface area contributed by atoms with Crippen molar-refractivity contribution >= 4 is 12.0 Å². The van der Waals surface area contributed by atoms with E-state index in [1.807, 2.05) is 0 Å². The number of amides is 2. The van der Waals surface area contributed by atoms with Gasteiger partial charge in [0, 0.05) is 6.54 Å². The van der Waals surface area contributed by atoms with Gasteiger partial charge in [-0.3, -0.25) is 4.79 Å². The van der Waals surface area contributed by atoms with Crippen LogP contribution in [0.25, 0.3) is 0 Å². The molecular weight excluding hydrogens is 324 g/mol. The quantitative estimate of drug-likeness (QED) is 0.800. The molecule has 3 fully saturated rings. The highest BCUT2D eigenvalue weighted by Gasteiger charge is 2.49.